The summed E-state index contributed by atoms with van der Waals surface area (Å²) in [5.74, 6) is 1.00. The van der Waals surface area contributed by atoms with Gasteiger partial charge in [-0.1, -0.05) is 41.9 Å². The number of hydrogen-bond donors (Lipinski definition) is 2. The highest BCUT2D eigenvalue weighted by molar-refractivity contribution is 6.32. The fraction of sp³-hybridized carbons (Fsp3) is 0.278. The number of fused-ring (bicyclic) bond motifs is 1. The Morgan fingerprint density at radius 1 is 1.21 bits per heavy atom. The molecule has 0 radical (unpaired) electrons. The third-order valence-corrected chi connectivity index (χ3v) is 4.05. The first-order chi connectivity index (χ1) is 11.6. The number of carbonyl (C=O) groups is 1. The van der Waals surface area contributed by atoms with Gasteiger partial charge in [0.05, 0.1) is 11.4 Å². The van der Waals surface area contributed by atoms with Gasteiger partial charge in [0.15, 0.2) is 11.5 Å². The lowest BCUT2D eigenvalue weighted by molar-refractivity contribution is -0.120. The van der Waals surface area contributed by atoms with E-state index in [-0.39, 0.29) is 18.4 Å². The van der Waals surface area contributed by atoms with Crippen molar-refractivity contribution in [2.24, 2.45) is 5.73 Å². The second kappa shape index (κ2) is 7.55. The summed E-state index contributed by atoms with van der Waals surface area (Å²) in [4.78, 5) is 12.1. The summed E-state index contributed by atoms with van der Waals surface area (Å²) in [6, 6.07) is 12.9. The Kier molecular flexibility index (Phi) is 5.23. The van der Waals surface area contributed by atoms with E-state index in [0.29, 0.717) is 36.3 Å². The lowest BCUT2D eigenvalue weighted by atomic mass is 10.1. The molecule has 0 saturated heterocycles. The van der Waals surface area contributed by atoms with Crippen molar-refractivity contribution >= 4 is 17.5 Å². The van der Waals surface area contributed by atoms with Crippen LogP contribution >= 0.6 is 11.6 Å². The Balaban J connectivity index is 1.58. The van der Waals surface area contributed by atoms with Crippen molar-refractivity contribution in [1.29, 1.82) is 0 Å². The van der Waals surface area contributed by atoms with Crippen molar-refractivity contribution in [3.05, 3.63) is 58.6 Å². The molecule has 0 saturated carbocycles. The molecule has 1 aliphatic heterocycles. The summed E-state index contributed by atoms with van der Waals surface area (Å²) in [5, 5.41) is 3.30. The molecule has 3 N–H and O–H groups in total. The predicted molar refractivity (Wildman–Crippen MR) is 92.5 cm³/mol. The molecule has 2 aromatic carbocycles. The van der Waals surface area contributed by atoms with E-state index in [2.05, 4.69) is 5.32 Å². The van der Waals surface area contributed by atoms with Gasteiger partial charge in [-0.05, 0) is 23.3 Å². The van der Waals surface area contributed by atoms with Gasteiger partial charge >= 0.3 is 0 Å². The number of benzene rings is 2. The lowest BCUT2D eigenvalue weighted by Gasteiger charge is -2.20. The van der Waals surface area contributed by atoms with Gasteiger partial charge in [-0.15, -0.1) is 0 Å². The minimum absolute atomic E-state index is 0.117. The monoisotopic (exact) mass is 346 g/mol. The lowest BCUT2D eigenvalue weighted by Crippen LogP contribution is -2.32. The molecule has 0 spiro atoms. The smallest absolute Gasteiger partial charge is 0.224 e. The molecule has 1 unspecified atom stereocenters. The molecule has 0 aromatic heterocycles. The van der Waals surface area contributed by atoms with Gasteiger partial charge in [-0.2, -0.15) is 0 Å². The van der Waals surface area contributed by atoms with Crippen LogP contribution in [0.5, 0.6) is 11.5 Å². The van der Waals surface area contributed by atoms with Crippen LogP contribution in [0.2, 0.25) is 5.02 Å². The number of amides is 1. The predicted octanol–water partition coefficient (Wildman–Crippen LogP) is 2.47. The zero-order valence-electron chi connectivity index (χ0n) is 13.1. The van der Waals surface area contributed by atoms with Gasteiger partial charge in [0.2, 0.25) is 5.91 Å². The Hall–Kier alpha value is -2.24. The van der Waals surface area contributed by atoms with Crippen LogP contribution in [0.25, 0.3) is 0 Å². The number of ether oxygens (including phenoxy) is 2. The Bertz CT molecular complexity index is 722. The Morgan fingerprint density at radius 3 is 2.75 bits per heavy atom. The minimum Gasteiger partial charge on any atom is -0.486 e. The maximum atomic E-state index is 12.1. The van der Waals surface area contributed by atoms with E-state index in [4.69, 9.17) is 26.8 Å². The summed E-state index contributed by atoms with van der Waals surface area (Å²) >= 11 is 6.18. The molecule has 0 bridgehead atoms. The zero-order valence-corrected chi connectivity index (χ0v) is 13.9. The largest absolute Gasteiger partial charge is 0.486 e. The van der Waals surface area contributed by atoms with Crippen LogP contribution in [0.15, 0.2) is 42.5 Å². The minimum atomic E-state index is -0.237. The summed E-state index contributed by atoms with van der Waals surface area (Å²) in [5.41, 5.74) is 7.84. The van der Waals surface area contributed by atoms with E-state index in [0.717, 1.165) is 11.1 Å². The van der Waals surface area contributed by atoms with Gasteiger partial charge in [-0.25, -0.2) is 0 Å². The third kappa shape index (κ3) is 3.99. The number of nitrogens with two attached hydrogens (primary N) is 1. The van der Waals surface area contributed by atoms with Crippen LogP contribution < -0.4 is 20.5 Å². The van der Waals surface area contributed by atoms with E-state index in [9.17, 15) is 4.79 Å². The number of halogens is 1. The van der Waals surface area contributed by atoms with E-state index in [1.54, 1.807) is 12.1 Å². The molecule has 1 heterocycles. The maximum Gasteiger partial charge on any atom is 0.224 e. The number of carbonyl (C=O) groups excluding carboxylic acids is 1. The van der Waals surface area contributed by atoms with Crippen molar-refractivity contribution in [2.45, 2.75) is 12.5 Å². The molecule has 1 aliphatic rings. The van der Waals surface area contributed by atoms with Crippen molar-refractivity contribution in [1.82, 2.24) is 5.32 Å². The molecule has 5 nitrogen and oxygen atoms in total. The number of hydrogen-bond acceptors (Lipinski definition) is 4. The van der Waals surface area contributed by atoms with Gasteiger partial charge in [0.1, 0.15) is 13.2 Å². The van der Waals surface area contributed by atoms with E-state index >= 15 is 0 Å². The van der Waals surface area contributed by atoms with Crippen LogP contribution in [-0.2, 0) is 11.2 Å². The van der Waals surface area contributed by atoms with Crippen LogP contribution in [0, 0.1) is 0 Å². The second-order valence-corrected chi connectivity index (χ2v) is 6.01. The standard InChI is InChI=1S/C18H19ClN2O3/c19-14-8-12(9-16-18(14)24-7-6-23-16)10-17(22)21-11-15(20)13-4-2-1-3-5-13/h1-5,8-9,15H,6-7,10-11,20H2,(H,21,22). The van der Waals surface area contributed by atoms with Crippen LogP contribution in [0.1, 0.15) is 17.2 Å². The first kappa shape index (κ1) is 16.6. The normalized spacial score (nSPS) is 14.1. The first-order valence-corrected chi connectivity index (χ1v) is 8.16. The van der Waals surface area contributed by atoms with E-state index < -0.39 is 0 Å². The summed E-state index contributed by atoms with van der Waals surface area (Å²) < 4.78 is 11.0. The van der Waals surface area contributed by atoms with Gasteiger partial charge < -0.3 is 20.5 Å². The highest BCUT2D eigenvalue weighted by Crippen LogP contribution is 2.38. The quantitative estimate of drug-likeness (QED) is 0.872. The first-order valence-electron chi connectivity index (χ1n) is 7.79. The number of nitrogens with one attached hydrogen (secondary N) is 1. The molecule has 24 heavy (non-hydrogen) atoms. The summed E-state index contributed by atoms with van der Waals surface area (Å²) in [7, 11) is 0. The molecule has 0 aliphatic carbocycles. The third-order valence-electron chi connectivity index (χ3n) is 3.77. The molecule has 126 valence electrons. The topological polar surface area (TPSA) is 73.6 Å². The van der Waals surface area contributed by atoms with Crippen molar-refractivity contribution in [3.63, 3.8) is 0 Å². The molecular weight excluding hydrogens is 328 g/mol. The summed E-state index contributed by atoms with van der Waals surface area (Å²) in [6.45, 7) is 1.33. The van der Waals surface area contributed by atoms with E-state index in [1.165, 1.54) is 0 Å². The molecule has 0 fully saturated rings. The Morgan fingerprint density at radius 2 is 1.96 bits per heavy atom. The van der Waals surface area contributed by atoms with E-state index in [1.807, 2.05) is 30.3 Å². The molecule has 2 aromatic rings. The van der Waals surface area contributed by atoms with Gasteiger partial charge in [0, 0.05) is 12.6 Å². The fourth-order valence-electron chi connectivity index (χ4n) is 2.56. The van der Waals surface area contributed by atoms with Gasteiger partial charge in [-0.3, -0.25) is 4.79 Å². The second-order valence-electron chi connectivity index (χ2n) is 5.60. The highest BCUT2D eigenvalue weighted by atomic mass is 35.5. The average Bonchev–Trinajstić information content (AvgIpc) is 2.60. The molecule has 1 atom stereocenters. The van der Waals surface area contributed by atoms with Crippen LogP contribution in [-0.4, -0.2) is 25.7 Å². The zero-order chi connectivity index (χ0) is 16.9. The van der Waals surface area contributed by atoms with Crippen LogP contribution in [0.3, 0.4) is 0 Å². The average molecular weight is 347 g/mol. The van der Waals surface area contributed by atoms with Crippen molar-refractivity contribution < 1.29 is 14.3 Å². The molecular formula is C18H19ClN2O3. The summed E-state index contributed by atoms with van der Waals surface area (Å²) in [6.07, 6.45) is 0.206. The molecule has 1 amide bonds. The van der Waals surface area contributed by atoms with Crippen molar-refractivity contribution in [3.8, 4) is 11.5 Å². The van der Waals surface area contributed by atoms with Crippen LogP contribution in [0.4, 0.5) is 0 Å². The molecule has 6 heteroatoms. The van der Waals surface area contributed by atoms with Gasteiger partial charge in [0.25, 0.3) is 0 Å². The maximum absolute atomic E-state index is 12.1. The fourth-order valence-corrected chi connectivity index (χ4v) is 2.84. The SMILES string of the molecule is NC(CNC(=O)Cc1cc(Cl)c2c(c1)OCCO2)c1ccccc1. The molecule has 3 rings (SSSR count). The highest BCUT2D eigenvalue weighted by Gasteiger charge is 2.18. The van der Waals surface area contributed by atoms with Crippen molar-refractivity contribution in [2.75, 3.05) is 19.8 Å². The Labute approximate surface area is 145 Å². The number of rotatable bonds is 5.